The van der Waals surface area contributed by atoms with Gasteiger partial charge in [-0.05, 0) is 25.1 Å². The van der Waals surface area contributed by atoms with E-state index in [1.54, 1.807) is 12.1 Å². The van der Waals surface area contributed by atoms with Crippen molar-refractivity contribution in [2.45, 2.75) is 25.9 Å². The Labute approximate surface area is 144 Å². The molecule has 1 unspecified atom stereocenters. The van der Waals surface area contributed by atoms with Crippen LogP contribution in [0.3, 0.4) is 0 Å². The van der Waals surface area contributed by atoms with Gasteiger partial charge in [-0.25, -0.2) is 9.37 Å². The normalized spacial score (nSPS) is 12.8. The summed E-state index contributed by atoms with van der Waals surface area (Å²) in [6.45, 7) is 1.20. The van der Waals surface area contributed by atoms with Crippen LogP contribution < -0.4 is 4.74 Å². The summed E-state index contributed by atoms with van der Waals surface area (Å²) in [6.07, 6.45) is -4.51. The maximum absolute atomic E-state index is 13.1. The molecule has 0 saturated heterocycles. The second kappa shape index (κ2) is 7.06. The highest BCUT2D eigenvalue weighted by molar-refractivity contribution is 5.50. The lowest BCUT2D eigenvalue weighted by molar-refractivity contribution is -0.141. The van der Waals surface area contributed by atoms with Crippen LogP contribution >= 0.6 is 0 Å². The fourth-order valence-corrected chi connectivity index (χ4v) is 1.95. The van der Waals surface area contributed by atoms with Gasteiger partial charge < -0.3 is 9.15 Å². The van der Waals surface area contributed by atoms with Crippen LogP contribution in [0.1, 0.15) is 30.4 Å². The quantitative estimate of drug-likeness (QED) is 0.630. The van der Waals surface area contributed by atoms with Crippen LogP contribution in [-0.4, -0.2) is 20.2 Å². The number of hydrogen-bond donors (Lipinski definition) is 0. The monoisotopic (exact) mass is 368 g/mol. The number of nitrogens with zero attached hydrogens (tertiary/aromatic N) is 4. The maximum atomic E-state index is 13.1. The fraction of sp³-hybridized carbons (Fsp3) is 0.250. The summed E-state index contributed by atoms with van der Waals surface area (Å²) >= 11 is 0. The summed E-state index contributed by atoms with van der Waals surface area (Å²) in [5.74, 6) is -0.184. The molecule has 0 amide bonds. The molecule has 0 spiro atoms. The number of halogens is 4. The van der Waals surface area contributed by atoms with Gasteiger partial charge in [-0.3, -0.25) is 4.98 Å². The molecule has 10 heteroatoms. The molecule has 0 aliphatic heterocycles. The van der Waals surface area contributed by atoms with Crippen LogP contribution in [0.2, 0.25) is 0 Å². The maximum Gasteiger partial charge on any atom is 0.433 e. The van der Waals surface area contributed by atoms with E-state index >= 15 is 0 Å². The molecule has 3 rings (SSSR count). The van der Waals surface area contributed by atoms with E-state index < -0.39 is 18.0 Å². The number of alkyl halides is 4. The van der Waals surface area contributed by atoms with E-state index in [1.165, 1.54) is 25.3 Å². The lowest BCUT2D eigenvalue weighted by atomic mass is 10.2. The van der Waals surface area contributed by atoms with E-state index in [0.717, 1.165) is 6.07 Å². The number of ether oxygens (including phenoxy) is 1. The van der Waals surface area contributed by atoms with Gasteiger partial charge in [0, 0.05) is 12.3 Å². The van der Waals surface area contributed by atoms with Crippen LogP contribution in [0, 0.1) is 0 Å². The van der Waals surface area contributed by atoms with Crippen LogP contribution in [-0.2, 0) is 12.8 Å². The third-order valence-corrected chi connectivity index (χ3v) is 3.23. The van der Waals surface area contributed by atoms with Gasteiger partial charge in [-0.1, -0.05) is 6.07 Å². The van der Waals surface area contributed by atoms with Gasteiger partial charge in [-0.2, -0.15) is 13.2 Å². The minimum absolute atomic E-state index is 0.0782. The van der Waals surface area contributed by atoms with Crippen LogP contribution in [0.5, 0.6) is 5.88 Å². The zero-order valence-corrected chi connectivity index (χ0v) is 13.4. The summed E-state index contributed by atoms with van der Waals surface area (Å²) in [7, 11) is 0. The van der Waals surface area contributed by atoms with Crippen molar-refractivity contribution < 1.29 is 26.7 Å². The van der Waals surface area contributed by atoms with E-state index in [9.17, 15) is 17.6 Å². The standard InChI is InChI=1S/C16H12F4N4O2/c1-9(17)14-23-24-15(26-14)10-5-6-11(21-7-10)8-25-13-4-2-3-12(22-13)16(18,19)20/h2-7,9H,8H2,1H3. The highest BCUT2D eigenvalue weighted by atomic mass is 19.4. The lowest BCUT2D eigenvalue weighted by Gasteiger charge is -2.08. The molecule has 6 nitrogen and oxygen atoms in total. The Kier molecular flexibility index (Phi) is 4.83. The molecule has 3 heterocycles. The van der Waals surface area contributed by atoms with Gasteiger partial charge in [0.1, 0.15) is 12.3 Å². The van der Waals surface area contributed by atoms with Gasteiger partial charge in [0.05, 0.1) is 11.3 Å². The summed E-state index contributed by atoms with van der Waals surface area (Å²) < 4.78 is 61.3. The Hall–Kier alpha value is -3.04. The Morgan fingerprint density at radius 2 is 1.96 bits per heavy atom. The van der Waals surface area contributed by atoms with Crippen LogP contribution in [0.15, 0.2) is 40.9 Å². The molecule has 136 valence electrons. The minimum Gasteiger partial charge on any atom is -0.471 e. The van der Waals surface area contributed by atoms with Gasteiger partial charge >= 0.3 is 6.18 Å². The molecule has 0 saturated carbocycles. The van der Waals surface area contributed by atoms with Crippen LogP contribution in [0.4, 0.5) is 17.6 Å². The number of rotatable bonds is 5. The van der Waals surface area contributed by atoms with E-state index in [1.807, 2.05) is 0 Å². The first kappa shape index (κ1) is 17.8. The van der Waals surface area contributed by atoms with Gasteiger partial charge in [0.25, 0.3) is 5.89 Å². The van der Waals surface area contributed by atoms with Crippen molar-refractivity contribution in [2.24, 2.45) is 0 Å². The molecule has 0 aliphatic carbocycles. The third kappa shape index (κ3) is 4.13. The van der Waals surface area contributed by atoms with Crippen molar-refractivity contribution in [2.75, 3.05) is 0 Å². The van der Waals surface area contributed by atoms with E-state index in [2.05, 4.69) is 20.2 Å². The molecule has 0 aromatic carbocycles. The second-order valence-electron chi connectivity index (χ2n) is 5.25. The first-order chi connectivity index (χ1) is 12.3. The van der Waals surface area contributed by atoms with E-state index in [4.69, 9.17) is 9.15 Å². The molecule has 1 atom stereocenters. The Balaban J connectivity index is 1.66. The molecule has 0 bridgehead atoms. The van der Waals surface area contributed by atoms with Crippen molar-refractivity contribution in [1.29, 1.82) is 0 Å². The van der Waals surface area contributed by atoms with Gasteiger partial charge in [0.2, 0.25) is 11.8 Å². The van der Waals surface area contributed by atoms with E-state index in [-0.39, 0.29) is 24.3 Å². The van der Waals surface area contributed by atoms with Crippen LogP contribution in [0.25, 0.3) is 11.5 Å². The molecule has 0 aliphatic rings. The van der Waals surface area contributed by atoms with E-state index in [0.29, 0.717) is 11.3 Å². The van der Waals surface area contributed by atoms with Crippen molar-refractivity contribution in [3.63, 3.8) is 0 Å². The Morgan fingerprint density at radius 3 is 2.58 bits per heavy atom. The molecule has 3 aromatic rings. The number of pyridine rings is 2. The van der Waals surface area contributed by atoms with Crippen molar-refractivity contribution in [3.8, 4) is 17.3 Å². The highest BCUT2D eigenvalue weighted by Gasteiger charge is 2.32. The number of hydrogen-bond acceptors (Lipinski definition) is 6. The molecule has 3 aromatic heterocycles. The predicted molar refractivity (Wildman–Crippen MR) is 80.6 cm³/mol. The SMILES string of the molecule is CC(F)c1nnc(-c2ccc(COc3cccc(C(F)(F)F)n3)nc2)o1. The van der Waals surface area contributed by atoms with Gasteiger partial charge in [0.15, 0.2) is 6.17 Å². The van der Waals surface area contributed by atoms with Crippen molar-refractivity contribution in [1.82, 2.24) is 20.2 Å². The first-order valence-electron chi connectivity index (χ1n) is 7.43. The first-order valence-corrected chi connectivity index (χ1v) is 7.43. The fourth-order valence-electron chi connectivity index (χ4n) is 1.95. The topological polar surface area (TPSA) is 73.9 Å². The number of aromatic nitrogens is 4. The molecular formula is C16H12F4N4O2. The summed E-state index contributed by atoms with van der Waals surface area (Å²) in [5, 5.41) is 7.29. The average Bonchev–Trinajstić information content (AvgIpc) is 3.10. The van der Waals surface area contributed by atoms with Crippen molar-refractivity contribution >= 4 is 0 Å². The molecular weight excluding hydrogens is 356 g/mol. The lowest BCUT2D eigenvalue weighted by Crippen LogP contribution is -2.09. The zero-order valence-electron chi connectivity index (χ0n) is 13.4. The third-order valence-electron chi connectivity index (χ3n) is 3.23. The molecule has 0 fully saturated rings. The summed E-state index contributed by atoms with van der Waals surface area (Å²) in [6, 6.07) is 6.57. The molecule has 26 heavy (non-hydrogen) atoms. The van der Waals surface area contributed by atoms with Gasteiger partial charge in [-0.15, -0.1) is 10.2 Å². The molecule has 0 N–H and O–H groups in total. The predicted octanol–water partition coefficient (Wildman–Crippen LogP) is 4.15. The molecule has 0 radical (unpaired) electrons. The smallest absolute Gasteiger partial charge is 0.433 e. The second-order valence-corrected chi connectivity index (χ2v) is 5.25. The van der Waals surface area contributed by atoms with Crippen molar-refractivity contribution in [3.05, 3.63) is 53.8 Å². The zero-order chi connectivity index (χ0) is 18.7. The Bertz CT molecular complexity index is 878. The average molecular weight is 368 g/mol. The highest BCUT2D eigenvalue weighted by Crippen LogP contribution is 2.28. The minimum atomic E-state index is -4.54. The largest absolute Gasteiger partial charge is 0.471 e. The summed E-state index contributed by atoms with van der Waals surface area (Å²) in [5.41, 5.74) is -0.107. The summed E-state index contributed by atoms with van der Waals surface area (Å²) in [4.78, 5) is 7.50. The Morgan fingerprint density at radius 1 is 1.15 bits per heavy atom.